The van der Waals surface area contributed by atoms with E-state index < -0.39 is 0 Å². The largest absolute Gasteiger partial charge is 0.354 e. The van der Waals surface area contributed by atoms with Crippen molar-refractivity contribution >= 4 is 34.8 Å². The van der Waals surface area contributed by atoms with Gasteiger partial charge in [-0.1, -0.05) is 25.6 Å². The molecular weight excluding hydrogens is 404 g/mol. The molecule has 3 heterocycles. The van der Waals surface area contributed by atoms with E-state index in [9.17, 15) is 4.79 Å². The Morgan fingerprint density at radius 3 is 2.69 bits per heavy atom. The van der Waals surface area contributed by atoms with Crippen molar-refractivity contribution in [2.24, 2.45) is 0 Å². The second-order valence-electron chi connectivity index (χ2n) is 6.85. The highest BCUT2D eigenvalue weighted by Gasteiger charge is 2.20. The lowest BCUT2D eigenvalue weighted by molar-refractivity contribution is -0.120. The molecule has 0 saturated carbocycles. The summed E-state index contributed by atoms with van der Waals surface area (Å²) in [6.07, 6.45) is 2.22. The molecule has 0 spiro atoms. The van der Waals surface area contributed by atoms with Crippen molar-refractivity contribution < 1.29 is 4.79 Å². The molecule has 1 unspecified atom stereocenters. The van der Waals surface area contributed by atoms with Gasteiger partial charge in [-0.25, -0.2) is 9.50 Å². The van der Waals surface area contributed by atoms with Crippen LogP contribution in [0.15, 0.2) is 22.0 Å². The van der Waals surface area contributed by atoms with E-state index in [0.717, 1.165) is 30.0 Å². The van der Waals surface area contributed by atoms with Crippen LogP contribution in [0.4, 0.5) is 0 Å². The van der Waals surface area contributed by atoms with Gasteiger partial charge in [0.1, 0.15) is 0 Å². The standard InChI is InChI=1S/C20H28N6OS2/c1-6-25(7-2)17(15-8-9-29-12-15)11-21-18(27)10-16-13(3)22-19-23-20(28-5)24-26(19)14(16)4/h8-9,12,17H,6-7,10-11H2,1-5H3,(H,21,27). The lowest BCUT2D eigenvalue weighted by Crippen LogP contribution is -2.38. The van der Waals surface area contributed by atoms with Crippen LogP contribution in [0.5, 0.6) is 0 Å². The van der Waals surface area contributed by atoms with Gasteiger partial charge in [-0.05, 0) is 55.6 Å². The normalized spacial score (nSPS) is 12.6. The molecule has 0 aliphatic rings. The van der Waals surface area contributed by atoms with Crippen LogP contribution in [-0.4, -0.2) is 56.3 Å². The number of rotatable bonds is 9. The molecule has 0 bridgehead atoms. The minimum absolute atomic E-state index is 0.00468. The van der Waals surface area contributed by atoms with Gasteiger partial charge in [-0.15, -0.1) is 5.10 Å². The maximum absolute atomic E-state index is 12.8. The molecule has 29 heavy (non-hydrogen) atoms. The fraction of sp³-hybridized carbons (Fsp3) is 0.500. The van der Waals surface area contributed by atoms with Crippen LogP contribution in [0.2, 0.25) is 0 Å². The first-order valence-electron chi connectivity index (χ1n) is 9.78. The van der Waals surface area contributed by atoms with E-state index in [1.807, 2.05) is 20.1 Å². The van der Waals surface area contributed by atoms with E-state index in [0.29, 0.717) is 17.5 Å². The van der Waals surface area contributed by atoms with Crippen molar-refractivity contribution in [1.29, 1.82) is 0 Å². The first-order valence-corrected chi connectivity index (χ1v) is 11.9. The van der Waals surface area contributed by atoms with E-state index in [4.69, 9.17) is 0 Å². The van der Waals surface area contributed by atoms with Crippen LogP contribution in [0.1, 0.15) is 42.4 Å². The Kier molecular flexibility index (Phi) is 7.26. The first kappa shape index (κ1) is 21.7. The molecule has 0 saturated heterocycles. The summed E-state index contributed by atoms with van der Waals surface area (Å²) in [5.41, 5.74) is 3.89. The first-order chi connectivity index (χ1) is 14.0. The Bertz CT molecular complexity index is 965. The summed E-state index contributed by atoms with van der Waals surface area (Å²) in [6, 6.07) is 2.32. The maximum atomic E-state index is 12.8. The summed E-state index contributed by atoms with van der Waals surface area (Å²) in [5, 5.41) is 12.5. The van der Waals surface area contributed by atoms with Crippen LogP contribution in [0.3, 0.4) is 0 Å². The lowest BCUT2D eigenvalue weighted by Gasteiger charge is -2.29. The average molecular weight is 433 g/mol. The van der Waals surface area contributed by atoms with Crippen molar-refractivity contribution in [3.63, 3.8) is 0 Å². The van der Waals surface area contributed by atoms with E-state index in [2.05, 4.69) is 56.0 Å². The summed E-state index contributed by atoms with van der Waals surface area (Å²) in [5.74, 6) is 0.572. The second-order valence-corrected chi connectivity index (χ2v) is 8.40. The molecule has 1 amide bonds. The Morgan fingerprint density at radius 1 is 1.31 bits per heavy atom. The van der Waals surface area contributed by atoms with Gasteiger partial charge in [0.2, 0.25) is 11.1 Å². The summed E-state index contributed by atoms with van der Waals surface area (Å²) in [7, 11) is 0. The van der Waals surface area contributed by atoms with Crippen molar-refractivity contribution in [3.05, 3.63) is 39.3 Å². The molecular formula is C20H28N6OS2. The van der Waals surface area contributed by atoms with Gasteiger partial charge in [0.15, 0.2) is 0 Å². The van der Waals surface area contributed by atoms with Crippen molar-refractivity contribution in [1.82, 2.24) is 29.8 Å². The zero-order chi connectivity index (χ0) is 21.0. The number of hydrogen-bond acceptors (Lipinski definition) is 7. The highest BCUT2D eigenvalue weighted by Crippen LogP contribution is 2.22. The monoisotopic (exact) mass is 432 g/mol. The zero-order valence-electron chi connectivity index (χ0n) is 17.6. The molecule has 0 fully saturated rings. The number of aromatic nitrogens is 4. The molecule has 156 valence electrons. The number of nitrogens with one attached hydrogen (secondary N) is 1. The number of likely N-dealkylation sites (N-methyl/N-ethyl adjacent to an activating group) is 1. The van der Waals surface area contributed by atoms with Crippen LogP contribution in [-0.2, 0) is 11.2 Å². The predicted molar refractivity (Wildman–Crippen MR) is 119 cm³/mol. The van der Waals surface area contributed by atoms with Gasteiger partial charge in [-0.3, -0.25) is 9.69 Å². The number of thiophene rings is 1. The summed E-state index contributed by atoms with van der Waals surface area (Å²) in [6.45, 7) is 10.7. The number of amides is 1. The van der Waals surface area contributed by atoms with E-state index in [1.54, 1.807) is 15.9 Å². The molecule has 1 N–H and O–H groups in total. The Labute approximate surface area is 179 Å². The lowest BCUT2D eigenvalue weighted by atomic mass is 10.1. The van der Waals surface area contributed by atoms with Crippen LogP contribution in [0.25, 0.3) is 5.78 Å². The number of aryl methyl sites for hydroxylation is 2. The van der Waals surface area contributed by atoms with E-state index in [-0.39, 0.29) is 18.4 Å². The second kappa shape index (κ2) is 9.69. The summed E-state index contributed by atoms with van der Waals surface area (Å²) < 4.78 is 1.73. The fourth-order valence-electron chi connectivity index (χ4n) is 3.55. The third-order valence-electron chi connectivity index (χ3n) is 5.22. The van der Waals surface area contributed by atoms with Crippen LogP contribution in [0, 0.1) is 13.8 Å². The van der Waals surface area contributed by atoms with Gasteiger partial charge < -0.3 is 5.32 Å². The van der Waals surface area contributed by atoms with E-state index in [1.165, 1.54) is 17.3 Å². The number of thioether (sulfide) groups is 1. The zero-order valence-corrected chi connectivity index (χ0v) is 19.2. The minimum atomic E-state index is -0.00468. The summed E-state index contributed by atoms with van der Waals surface area (Å²) >= 11 is 3.17. The van der Waals surface area contributed by atoms with Gasteiger partial charge >= 0.3 is 0 Å². The van der Waals surface area contributed by atoms with Crippen molar-refractivity contribution in [2.45, 2.75) is 45.3 Å². The smallest absolute Gasteiger partial charge is 0.253 e. The fourth-order valence-corrected chi connectivity index (χ4v) is 4.60. The molecule has 7 nitrogen and oxygen atoms in total. The highest BCUT2D eigenvalue weighted by molar-refractivity contribution is 7.98. The topological polar surface area (TPSA) is 75.4 Å². The molecule has 3 aromatic rings. The van der Waals surface area contributed by atoms with Gasteiger partial charge in [0, 0.05) is 23.5 Å². The molecule has 3 rings (SSSR count). The van der Waals surface area contributed by atoms with Crippen molar-refractivity contribution in [2.75, 3.05) is 25.9 Å². The van der Waals surface area contributed by atoms with Gasteiger partial charge in [0.25, 0.3) is 5.78 Å². The third-order valence-corrected chi connectivity index (χ3v) is 6.46. The number of carbonyl (C=O) groups excluding carboxylic acids is 1. The van der Waals surface area contributed by atoms with E-state index >= 15 is 0 Å². The highest BCUT2D eigenvalue weighted by atomic mass is 32.2. The average Bonchev–Trinajstić information content (AvgIpc) is 3.38. The Morgan fingerprint density at radius 2 is 2.07 bits per heavy atom. The number of carbonyl (C=O) groups is 1. The molecule has 3 aromatic heterocycles. The predicted octanol–water partition coefficient (Wildman–Crippen LogP) is 3.27. The van der Waals surface area contributed by atoms with Crippen LogP contribution >= 0.6 is 23.1 Å². The van der Waals surface area contributed by atoms with Crippen LogP contribution < -0.4 is 5.32 Å². The number of fused-ring (bicyclic) bond motifs is 1. The third kappa shape index (κ3) is 4.79. The molecule has 9 heteroatoms. The maximum Gasteiger partial charge on any atom is 0.253 e. The van der Waals surface area contributed by atoms with Gasteiger partial charge in [-0.2, -0.15) is 16.3 Å². The Hall–Kier alpha value is -1.97. The Balaban J connectivity index is 1.74. The molecule has 1 atom stereocenters. The van der Waals surface area contributed by atoms with Crippen molar-refractivity contribution in [3.8, 4) is 0 Å². The molecule has 0 radical (unpaired) electrons. The minimum Gasteiger partial charge on any atom is -0.354 e. The molecule has 0 aliphatic heterocycles. The quantitative estimate of drug-likeness (QED) is 0.523. The summed E-state index contributed by atoms with van der Waals surface area (Å²) in [4.78, 5) is 24.1. The SMILES string of the molecule is CCN(CC)C(CNC(=O)Cc1c(C)nc2nc(SC)nn2c1C)c1ccsc1. The number of nitrogens with zero attached hydrogens (tertiary/aromatic N) is 5. The molecule has 0 aromatic carbocycles. The molecule has 0 aliphatic carbocycles. The number of hydrogen-bond donors (Lipinski definition) is 1. The van der Waals surface area contributed by atoms with Gasteiger partial charge in [0.05, 0.1) is 12.5 Å².